The molecule has 164 valence electrons. The number of amides is 4. The Morgan fingerprint density at radius 1 is 1.19 bits per heavy atom. The number of ether oxygens (including phenoxy) is 2. The molecule has 0 aliphatic carbocycles. The van der Waals surface area contributed by atoms with Crippen molar-refractivity contribution in [3.63, 3.8) is 0 Å². The van der Waals surface area contributed by atoms with Crippen LogP contribution in [0.5, 0.6) is 11.5 Å². The highest BCUT2D eigenvalue weighted by molar-refractivity contribution is 9.10. The highest BCUT2D eigenvalue weighted by Gasteiger charge is 2.37. The summed E-state index contributed by atoms with van der Waals surface area (Å²) in [6.07, 6.45) is 6.68. The number of aryl methyl sites for hydroxylation is 1. The van der Waals surface area contributed by atoms with Gasteiger partial charge in [0.2, 0.25) is 0 Å². The summed E-state index contributed by atoms with van der Waals surface area (Å²) in [6.45, 7) is 5.92. The van der Waals surface area contributed by atoms with E-state index >= 15 is 0 Å². The van der Waals surface area contributed by atoms with E-state index in [1.165, 1.54) is 6.08 Å². The van der Waals surface area contributed by atoms with Crippen molar-refractivity contribution < 1.29 is 23.9 Å². The fourth-order valence-corrected chi connectivity index (χ4v) is 3.78. The van der Waals surface area contributed by atoms with Crippen molar-refractivity contribution in [1.82, 2.24) is 5.32 Å². The lowest BCUT2D eigenvalue weighted by atomic mass is 10.0. The molecule has 1 heterocycles. The molecule has 8 heteroatoms. The highest BCUT2D eigenvalue weighted by Crippen LogP contribution is 2.38. The first-order valence-electron chi connectivity index (χ1n) is 9.78. The molecule has 0 unspecified atom stereocenters. The zero-order chi connectivity index (χ0) is 23.4. The van der Waals surface area contributed by atoms with Crippen molar-refractivity contribution >= 4 is 45.5 Å². The molecule has 0 bridgehead atoms. The van der Waals surface area contributed by atoms with Crippen LogP contribution in [0.3, 0.4) is 0 Å². The quantitative estimate of drug-likeness (QED) is 0.369. The van der Waals surface area contributed by atoms with Crippen LogP contribution in [0, 0.1) is 26.2 Å². The van der Waals surface area contributed by atoms with Crippen molar-refractivity contribution in [1.29, 1.82) is 0 Å². The number of terminal acetylenes is 1. The fraction of sp³-hybridized carbons (Fsp3) is 0.208. The van der Waals surface area contributed by atoms with E-state index in [-0.39, 0.29) is 12.2 Å². The average molecular weight is 497 g/mol. The summed E-state index contributed by atoms with van der Waals surface area (Å²) in [5.41, 5.74) is 2.42. The Labute approximate surface area is 194 Å². The molecular formula is C24H21BrN2O5. The Morgan fingerprint density at radius 3 is 2.62 bits per heavy atom. The van der Waals surface area contributed by atoms with Gasteiger partial charge in [0.25, 0.3) is 11.8 Å². The third-order valence-corrected chi connectivity index (χ3v) is 5.45. The van der Waals surface area contributed by atoms with Gasteiger partial charge in [0.15, 0.2) is 11.5 Å². The molecule has 4 amide bonds. The maximum absolute atomic E-state index is 13.2. The predicted molar refractivity (Wildman–Crippen MR) is 125 cm³/mol. The Balaban J connectivity index is 2.06. The van der Waals surface area contributed by atoms with Crippen LogP contribution in [0.4, 0.5) is 10.5 Å². The van der Waals surface area contributed by atoms with E-state index in [9.17, 15) is 14.4 Å². The van der Waals surface area contributed by atoms with Gasteiger partial charge in [0.1, 0.15) is 12.2 Å². The summed E-state index contributed by atoms with van der Waals surface area (Å²) in [7, 11) is 0. The number of carbonyl (C=O) groups is 3. The molecule has 1 N–H and O–H groups in total. The summed E-state index contributed by atoms with van der Waals surface area (Å²) >= 11 is 3.42. The van der Waals surface area contributed by atoms with E-state index in [0.29, 0.717) is 33.8 Å². The molecule has 0 aromatic heterocycles. The monoisotopic (exact) mass is 496 g/mol. The minimum atomic E-state index is -0.792. The molecule has 0 atom stereocenters. The number of benzene rings is 2. The summed E-state index contributed by atoms with van der Waals surface area (Å²) in [5, 5.41) is 2.24. The van der Waals surface area contributed by atoms with Gasteiger partial charge in [-0.05, 0) is 77.7 Å². The van der Waals surface area contributed by atoms with E-state index in [0.717, 1.165) is 16.0 Å². The number of imide groups is 2. The first-order valence-corrected chi connectivity index (χ1v) is 10.6. The van der Waals surface area contributed by atoms with Crippen molar-refractivity contribution in [3.8, 4) is 23.8 Å². The second kappa shape index (κ2) is 9.71. The summed E-state index contributed by atoms with van der Waals surface area (Å²) in [4.78, 5) is 39.2. The van der Waals surface area contributed by atoms with Gasteiger partial charge in [0, 0.05) is 0 Å². The van der Waals surface area contributed by atoms with E-state index in [1.54, 1.807) is 24.3 Å². The highest BCUT2D eigenvalue weighted by atomic mass is 79.9. The van der Waals surface area contributed by atoms with Gasteiger partial charge >= 0.3 is 6.03 Å². The molecule has 0 saturated carbocycles. The number of rotatable bonds is 6. The largest absolute Gasteiger partial charge is 0.490 e. The Bertz CT molecular complexity index is 1180. The predicted octanol–water partition coefficient (Wildman–Crippen LogP) is 4.14. The zero-order valence-electron chi connectivity index (χ0n) is 17.8. The molecule has 2 aromatic rings. The smallest absolute Gasteiger partial charge is 0.335 e. The number of anilines is 1. The van der Waals surface area contributed by atoms with Gasteiger partial charge in [-0.3, -0.25) is 14.9 Å². The lowest BCUT2D eigenvalue weighted by molar-refractivity contribution is -0.122. The summed E-state index contributed by atoms with van der Waals surface area (Å²) < 4.78 is 11.7. The number of nitrogens with zero attached hydrogens (tertiary/aromatic N) is 1. The van der Waals surface area contributed by atoms with Crippen LogP contribution in [0.1, 0.15) is 23.6 Å². The molecule has 1 saturated heterocycles. The standard InChI is InChI=1S/C24H21BrN2O5/c1-5-10-32-21-18(25)12-16(13-20(21)31-6-2)11-17-22(28)26-24(30)27(23(17)29)19-9-7-8-14(3)15(19)4/h1,7-9,11-13H,6,10H2,2-4H3,(H,26,28,30)/b17-11+. The van der Waals surface area contributed by atoms with Crippen LogP contribution in [-0.4, -0.2) is 31.1 Å². The van der Waals surface area contributed by atoms with Gasteiger partial charge in [-0.1, -0.05) is 18.1 Å². The van der Waals surface area contributed by atoms with Crippen LogP contribution in [0.25, 0.3) is 6.08 Å². The lowest BCUT2D eigenvalue weighted by Gasteiger charge is -2.28. The molecule has 1 fully saturated rings. The van der Waals surface area contributed by atoms with Gasteiger partial charge in [-0.15, -0.1) is 6.42 Å². The third-order valence-electron chi connectivity index (χ3n) is 4.86. The molecule has 32 heavy (non-hydrogen) atoms. The van der Waals surface area contributed by atoms with Crippen molar-refractivity contribution in [2.24, 2.45) is 0 Å². The summed E-state index contributed by atoms with van der Waals surface area (Å²) in [6, 6.07) is 7.80. The molecular weight excluding hydrogens is 476 g/mol. The van der Waals surface area contributed by atoms with Crippen LogP contribution < -0.4 is 19.7 Å². The normalized spacial score (nSPS) is 14.9. The van der Waals surface area contributed by atoms with Crippen molar-refractivity contribution in [2.45, 2.75) is 20.8 Å². The minimum absolute atomic E-state index is 0.0485. The Kier molecular flexibility index (Phi) is 7.01. The lowest BCUT2D eigenvalue weighted by Crippen LogP contribution is -2.54. The van der Waals surface area contributed by atoms with Gasteiger partial charge < -0.3 is 9.47 Å². The van der Waals surface area contributed by atoms with E-state index in [2.05, 4.69) is 27.2 Å². The maximum Gasteiger partial charge on any atom is 0.335 e. The molecule has 0 spiro atoms. The molecule has 1 aliphatic rings. The van der Waals surface area contributed by atoms with Gasteiger partial charge in [-0.25, -0.2) is 9.69 Å². The number of urea groups is 1. The third kappa shape index (κ3) is 4.53. The average Bonchev–Trinajstić information content (AvgIpc) is 2.73. The van der Waals surface area contributed by atoms with Crippen molar-refractivity contribution in [3.05, 3.63) is 57.1 Å². The second-order valence-electron chi connectivity index (χ2n) is 6.93. The SMILES string of the molecule is C#CCOc1c(Br)cc(/C=C2\C(=O)NC(=O)N(c3cccc(C)c3C)C2=O)cc1OCC. The number of nitrogens with one attached hydrogen (secondary N) is 1. The first-order chi connectivity index (χ1) is 15.3. The van der Waals surface area contributed by atoms with Gasteiger partial charge in [-0.2, -0.15) is 0 Å². The first kappa shape index (κ1) is 23.1. The number of hydrogen-bond acceptors (Lipinski definition) is 5. The number of halogens is 1. The number of hydrogen-bond donors (Lipinski definition) is 1. The molecule has 0 radical (unpaired) electrons. The second-order valence-corrected chi connectivity index (χ2v) is 7.79. The van der Waals surface area contributed by atoms with Crippen molar-refractivity contribution in [2.75, 3.05) is 18.1 Å². The fourth-order valence-electron chi connectivity index (χ4n) is 3.21. The summed E-state index contributed by atoms with van der Waals surface area (Å²) in [5.74, 6) is 1.72. The van der Waals surface area contributed by atoms with Crippen LogP contribution in [0.15, 0.2) is 40.4 Å². The van der Waals surface area contributed by atoms with Gasteiger partial charge in [0.05, 0.1) is 16.8 Å². The van der Waals surface area contributed by atoms with Crippen LogP contribution in [0.2, 0.25) is 0 Å². The Morgan fingerprint density at radius 2 is 1.94 bits per heavy atom. The molecule has 3 rings (SSSR count). The van der Waals surface area contributed by atoms with Crippen LogP contribution in [-0.2, 0) is 9.59 Å². The molecule has 2 aromatic carbocycles. The minimum Gasteiger partial charge on any atom is -0.490 e. The zero-order valence-corrected chi connectivity index (χ0v) is 19.4. The van der Waals surface area contributed by atoms with E-state index in [4.69, 9.17) is 15.9 Å². The van der Waals surface area contributed by atoms with E-state index < -0.39 is 17.8 Å². The topological polar surface area (TPSA) is 84.9 Å². The Hall–Kier alpha value is -3.57. The number of carbonyl (C=O) groups excluding carboxylic acids is 3. The van der Waals surface area contributed by atoms with E-state index in [1.807, 2.05) is 26.8 Å². The van der Waals surface area contributed by atoms with Crippen LogP contribution >= 0.6 is 15.9 Å². The molecule has 7 nitrogen and oxygen atoms in total. The maximum atomic E-state index is 13.2. The number of barbiturate groups is 1. The molecule has 1 aliphatic heterocycles.